The van der Waals surface area contributed by atoms with Crippen molar-refractivity contribution in [2.75, 3.05) is 33.4 Å². The number of aliphatic hydroxyl groups is 1. The Hall–Kier alpha value is -0.950. The zero-order valence-corrected chi connectivity index (χ0v) is 13.8. The van der Waals surface area contributed by atoms with E-state index >= 15 is 0 Å². The maximum Gasteiger partial charge on any atom is 0.227 e. The minimum atomic E-state index is -0.463. The first-order valence-corrected chi connectivity index (χ1v) is 8.87. The molecule has 0 spiro atoms. The molecule has 1 aliphatic carbocycles. The number of hydrogen-bond donors (Lipinski definition) is 1. The van der Waals surface area contributed by atoms with Gasteiger partial charge in [0.15, 0.2) is 0 Å². The second-order valence-electron chi connectivity index (χ2n) is 6.16. The number of nitrogens with zero attached hydrogens (tertiary/aromatic N) is 2. The summed E-state index contributed by atoms with van der Waals surface area (Å²) in [5.41, 5.74) is 1.05. The summed E-state index contributed by atoms with van der Waals surface area (Å²) in [6.45, 7) is 3.23. The molecule has 0 radical (unpaired) electrons. The van der Waals surface area contributed by atoms with Gasteiger partial charge in [-0.15, -0.1) is 0 Å². The monoisotopic (exact) mass is 324 g/mol. The molecule has 1 amide bonds. The van der Waals surface area contributed by atoms with E-state index in [1.165, 1.54) is 0 Å². The van der Waals surface area contributed by atoms with Crippen molar-refractivity contribution in [1.82, 2.24) is 9.80 Å². The molecule has 0 aromatic carbocycles. The molecule has 1 saturated carbocycles. The summed E-state index contributed by atoms with van der Waals surface area (Å²) in [6.07, 6.45) is 1.78. The Kier molecular flexibility index (Phi) is 5.13. The standard InChI is InChI=1S/C16H24N2O3S/c1-17(15(19)10-12-4-9-22-11-12)13-2-3-14(16(13)20)18-5-7-21-8-6-18/h4,9,11,13-14,16,20H,2-3,5-8,10H2,1H3/t13-,14-,16-/m1/s1. The molecule has 2 aliphatic rings. The van der Waals surface area contributed by atoms with Gasteiger partial charge < -0.3 is 14.7 Å². The topological polar surface area (TPSA) is 53.0 Å². The van der Waals surface area contributed by atoms with E-state index in [2.05, 4.69) is 4.90 Å². The van der Waals surface area contributed by atoms with Crippen molar-refractivity contribution < 1.29 is 14.6 Å². The van der Waals surface area contributed by atoms with Gasteiger partial charge in [-0.25, -0.2) is 0 Å². The average Bonchev–Trinajstić information content (AvgIpc) is 3.17. The van der Waals surface area contributed by atoms with Crippen LogP contribution < -0.4 is 0 Å². The van der Waals surface area contributed by atoms with Crippen molar-refractivity contribution in [3.05, 3.63) is 22.4 Å². The van der Waals surface area contributed by atoms with Crippen molar-refractivity contribution in [3.63, 3.8) is 0 Å². The summed E-state index contributed by atoms with van der Waals surface area (Å²) in [5.74, 6) is 0.0880. The van der Waals surface area contributed by atoms with Crippen molar-refractivity contribution in [1.29, 1.82) is 0 Å². The Bertz CT molecular complexity index is 488. The van der Waals surface area contributed by atoms with Gasteiger partial charge in [0.25, 0.3) is 0 Å². The highest BCUT2D eigenvalue weighted by molar-refractivity contribution is 7.07. The number of hydrogen-bond acceptors (Lipinski definition) is 5. The van der Waals surface area contributed by atoms with E-state index in [4.69, 9.17) is 4.74 Å². The first kappa shape index (κ1) is 15.9. The van der Waals surface area contributed by atoms with Crippen LogP contribution in [0.15, 0.2) is 16.8 Å². The molecule has 0 bridgehead atoms. The number of rotatable bonds is 4. The molecule has 5 nitrogen and oxygen atoms in total. The lowest BCUT2D eigenvalue weighted by molar-refractivity contribution is -0.133. The second kappa shape index (κ2) is 7.08. The molecular formula is C16H24N2O3S. The van der Waals surface area contributed by atoms with E-state index in [-0.39, 0.29) is 18.0 Å². The molecule has 1 aliphatic heterocycles. The van der Waals surface area contributed by atoms with Gasteiger partial charge in [-0.1, -0.05) is 0 Å². The molecule has 1 N–H and O–H groups in total. The average molecular weight is 324 g/mol. The van der Waals surface area contributed by atoms with Gasteiger partial charge in [-0.2, -0.15) is 11.3 Å². The van der Waals surface area contributed by atoms with E-state index in [0.29, 0.717) is 6.42 Å². The molecule has 1 aromatic rings. The first-order valence-electron chi connectivity index (χ1n) is 7.93. The molecule has 2 fully saturated rings. The Morgan fingerprint density at radius 1 is 1.45 bits per heavy atom. The highest BCUT2D eigenvalue weighted by Gasteiger charge is 2.41. The van der Waals surface area contributed by atoms with Crippen LogP contribution in [0.2, 0.25) is 0 Å². The normalized spacial score (nSPS) is 29.6. The van der Waals surface area contributed by atoms with Gasteiger partial charge in [0.05, 0.1) is 31.8 Å². The highest BCUT2D eigenvalue weighted by atomic mass is 32.1. The Labute approximate surface area is 135 Å². The lowest BCUT2D eigenvalue weighted by atomic mass is 10.1. The van der Waals surface area contributed by atoms with E-state index in [1.54, 1.807) is 16.2 Å². The van der Waals surface area contributed by atoms with Crippen LogP contribution in [0.1, 0.15) is 18.4 Å². The summed E-state index contributed by atoms with van der Waals surface area (Å²) in [5, 5.41) is 14.7. The van der Waals surface area contributed by atoms with E-state index in [0.717, 1.165) is 44.7 Å². The highest BCUT2D eigenvalue weighted by Crippen LogP contribution is 2.29. The maximum atomic E-state index is 12.4. The van der Waals surface area contributed by atoms with Crippen molar-refractivity contribution >= 4 is 17.2 Å². The van der Waals surface area contributed by atoms with Crippen LogP contribution in [-0.4, -0.2) is 72.4 Å². The maximum absolute atomic E-state index is 12.4. The third kappa shape index (κ3) is 3.35. The zero-order valence-electron chi connectivity index (χ0n) is 13.0. The molecule has 3 atom stereocenters. The largest absolute Gasteiger partial charge is 0.389 e. The zero-order chi connectivity index (χ0) is 15.5. The fraction of sp³-hybridized carbons (Fsp3) is 0.688. The molecule has 2 heterocycles. The fourth-order valence-electron chi connectivity index (χ4n) is 3.55. The predicted molar refractivity (Wildman–Crippen MR) is 86.0 cm³/mol. The van der Waals surface area contributed by atoms with Gasteiger partial charge in [0, 0.05) is 26.2 Å². The molecule has 1 saturated heterocycles. The molecule has 122 valence electrons. The molecule has 6 heteroatoms. The first-order chi connectivity index (χ1) is 10.7. The summed E-state index contributed by atoms with van der Waals surface area (Å²) in [4.78, 5) is 16.5. The van der Waals surface area contributed by atoms with Crippen LogP contribution in [-0.2, 0) is 16.0 Å². The van der Waals surface area contributed by atoms with Crippen molar-refractivity contribution in [2.45, 2.75) is 37.5 Å². The van der Waals surface area contributed by atoms with Gasteiger partial charge in [0.2, 0.25) is 5.91 Å². The molecule has 22 heavy (non-hydrogen) atoms. The number of likely N-dealkylation sites (N-methyl/N-ethyl adjacent to an activating group) is 1. The molecule has 1 aromatic heterocycles. The van der Waals surface area contributed by atoms with Crippen molar-refractivity contribution in [2.24, 2.45) is 0 Å². The van der Waals surface area contributed by atoms with E-state index in [1.807, 2.05) is 23.9 Å². The quantitative estimate of drug-likeness (QED) is 0.897. The Morgan fingerprint density at radius 3 is 2.91 bits per heavy atom. The summed E-state index contributed by atoms with van der Waals surface area (Å²) in [6, 6.07) is 2.07. The number of aliphatic hydroxyl groups excluding tert-OH is 1. The molecule has 0 unspecified atom stereocenters. The van der Waals surface area contributed by atoms with Crippen LogP contribution in [0.3, 0.4) is 0 Å². The van der Waals surface area contributed by atoms with Gasteiger partial charge in [-0.3, -0.25) is 9.69 Å². The number of carbonyl (C=O) groups excluding carboxylic acids is 1. The van der Waals surface area contributed by atoms with Gasteiger partial charge in [-0.05, 0) is 35.2 Å². The summed E-state index contributed by atoms with van der Waals surface area (Å²) in [7, 11) is 1.82. The number of ether oxygens (including phenoxy) is 1. The Morgan fingerprint density at radius 2 is 2.23 bits per heavy atom. The lowest BCUT2D eigenvalue weighted by Crippen LogP contribution is -2.52. The van der Waals surface area contributed by atoms with Crippen LogP contribution in [0.25, 0.3) is 0 Å². The number of morpholine rings is 1. The van der Waals surface area contributed by atoms with Crippen LogP contribution in [0.4, 0.5) is 0 Å². The lowest BCUT2D eigenvalue weighted by Gasteiger charge is -2.36. The SMILES string of the molecule is CN(C(=O)Cc1ccsc1)[C@@H]1CC[C@@H](N2CCOCC2)[C@@H]1O. The van der Waals surface area contributed by atoms with E-state index < -0.39 is 6.10 Å². The third-order valence-corrected chi connectivity index (χ3v) is 5.62. The van der Waals surface area contributed by atoms with E-state index in [9.17, 15) is 9.90 Å². The predicted octanol–water partition coefficient (Wildman–Crippen LogP) is 0.973. The summed E-state index contributed by atoms with van der Waals surface area (Å²) < 4.78 is 5.38. The second-order valence-corrected chi connectivity index (χ2v) is 6.94. The van der Waals surface area contributed by atoms with Crippen molar-refractivity contribution in [3.8, 4) is 0 Å². The summed E-state index contributed by atoms with van der Waals surface area (Å²) >= 11 is 1.61. The third-order valence-electron chi connectivity index (χ3n) is 4.89. The van der Waals surface area contributed by atoms with Gasteiger partial charge in [0.1, 0.15) is 0 Å². The minimum Gasteiger partial charge on any atom is -0.389 e. The van der Waals surface area contributed by atoms with Gasteiger partial charge >= 0.3 is 0 Å². The Balaban J connectivity index is 1.58. The number of carbonyl (C=O) groups is 1. The molecular weight excluding hydrogens is 300 g/mol. The van der Waals surface area contributed by atoms with Crippen LogP contribution in [0.5, 0.6) is 0 Å². The number of amides is 1. The minimum absolute atomic E-state index is 0.0704. The van der Waals surface area contributed by atoms with Crippen LogP contribution >= 0.6 is 11.3 Å². The number of thiophene rings is 1. The van der Waals surface area contributed by atoms with Crippen LogP contribution in [0, 0.1) is 0 Å². The smallest absolute Gasteiger partial charge is 0.227 e. The molecule has 3 rings (SSSR count). The fourth-order valence-corrected chi connectivity index (χ4v) is 4.22.